The van der Waals surface area contributed by atoms with Gasteiger partial charge in [-0.3, -0.25) is 0 Å². The van der Waals surface area contributed by atoms with E-state index in [1.54, 1.807) is 14.0 Å². The maximum absolute atomic E-state index is 9.69. The van der Waals surface area contributed by atoms with Gasteiger partial charge in [-0.25, -0.2) is 0 Å². The molecule has 1 aromatic carbocycles. The lowest BCUT2D eigenvalue weighted by molar-refractivity contribution is 0.182. The molecule has 4 heteroatoms. The second-order valence-electron chi connectivity index (χ2n) is 3.64. The predicted molar refractivity (Wildman–Crippen MR) is 68.3 cm³/mol. The Morgan fingerprint density at radius 1 is 1.56 bits per heavy atom. The quantitative estimate of drug-likeness (QED) is 0.646. The highest BCUT2D eigenvalue weighted by molar-refractivity contribution is 9.08. The number of aliphatic hydroxyl groups is 1. The van der Waals surface area contributed by atoms with Crippen molar-refractivity contribution in [2.75, 3.05) is 7.11 Å². The summed E-state index contributed by atoms with van der Waals surface area (Å²) in [6.07, 6.45) is 0.695. The van der Waals surface area contributed by atoms with Crippen LogP contribution in [0, 0.1) is 5.41 Å². The second kappa shape index (κ2) is 6.13. The monoisotopic (exact) mass is 285 g/mol. The number of rotatable bonds is 5. The standard InChI is InChI=1S/C12H16BrNO2/c1-8(15)11-4-9(5-13)3-10(7-16-2)12(11)6-14/h3-4,6,8,14-15H,5,7H2,1-2H3. The molecule has 1 rings (SSSR count). The lowest BCUT2D eigenvalue weighted by Crippen LogP contribution is -2.05. The smallest absolute Gasteiger partial charge is 0.0768 e. The van der Waals surface area contributed by atoms with Gasteiger partial charge in [-0.1, -0.05) is 28.1 Å². The van der Waals surface area contributed by atoms with Crippen LogP contribution in [-0.2, 0) is 16.7 Å². The molecule has 16 heavy (non-hydrogen) atoms. The molecule has 0 aliphatic carbocycles. The number of ether oxygens (including phenoxy) is 1. The molecule has 1 aromatic rings. The van der Waals surface area contributed by atoms with E-state index in [0.29, 0.717) is 6.61 Å². The van der Waals surface area contributed by atoms with Crippen molar-refractivity contribution in [2.45, 2.75) is 25.0 Å². The fraction of sp³-hybridized carbons (Fsp3) is 0.417. The largest absolute Gasteiger partial charge is 0.389 e. The van der Waals surface area contributed by atoms with Crippen LogP contribution in [0.3, 0.4) is 0 Å². The number of aliphatic hydroxyl groups excluding tert-OH is 1. The van der Waals surface area contributed by atoms with Crippen LogP contribution >= 0.6 is 15.9 Å². The van der Waals surface area contributed by atoms with E-state index < -0.39 is 6.10 Å². The first-order valence-electron chi connectivity index (χ1n) is 5.03. The topological polar surface area (TPSA) is 53.3 Å². The van der Waals surface area contributed by atoms with Crippen molar-refractivity contribution in [1.29, 1.82) is 5.41 Å². The highest BCUT2D eigenvalue weighted by Crippen LogP contribution is 2.24. The molecule has 0 aromatic heterocycles. The third-order valence-electron chi connectivity index (χ3n) is 2.41. The van der Waals surface area contributed by atoms with E-state index in [4.69, 9.17) is 10.1 Å². The van der Waals surface area contributed by atoms with Gasteiger partial charge in [-0.05, 0) is 23.6 Å². The average Bonchev–Trinajstić information content (AvgIpc) is 2.28. The second-order valence-corrected chi connectivity index (χ2v) is 4.21. The number of halogens is 1. The van der Waals surface area contributed by atoms with Crippen LogP contribution in [0.25, 0.3) is 0 Å². The minimum absolute atomic E-state index is 0.450. The number of hydrogen-bond acceptors (Lipinski definition) is 3. The van der Waals surface area contributed by atoms with Gasteiger partial charge in [0.1, 0.15) is 0 Å². The summed E-state index contributed by atoms with van der Waals surface area (Å²) in [5.41, 5.74) is 3.54. The summed E-state index contributed by atoms with van der Waals surface area (Å²) < 4.78 is 5.10. The lowest BCUT2D eigenvalue weighted by atomic mass is 9.96. The summed E-state index contributed by atoms with van der Waals surface area (Å²) >= 11 is 3.39. The summed E-state index contributed by atoms with van der Waals surface area (Å²) in [5.74, 6) is 0. The van der Waals surface area contributed by atoms with Gasteiger partial charge in [0.15, 0.2) is 0 Å². The van der Waals surface area contributed by atoms with Crippen LogP contribution in [0.4, 0.5) is 0 Å². The maximum Gasteiger partial charge on any atom is 0.0768 e. The number of alkyl halides is 1. The third-order valence-corrected chi connectivity index (χ3v) is 3.05. The van der Waals surface area contributed by atoms with Gasteiger partial charge in [-0.15, -0.1) is 0 Å². The first-order valence-corrected chi connectivity index (χ1v) is 6.15. The fourth-order valence-electron chi connectivity index (χ4n) is 1.68. The summed E-state index contributed by atoms with van der Waals surface area (Å²) in [4.78, 5) is 0. The molecule has 0 spiro atoms. The van der Waals surface area contributed by atoms with Gasteiger partial charge >= 0.3 is 0 Å². The van der Waals surface area contributed by atoms with E-state index in [2.05, 4.69) is 15.9 Å². The van der Waals surface area contributed by atoms with E-state index in [0.717, 1.165) is 27.6 Å². The molecule has 0 aliphatic rings. The molecular formula is C12H16BrNO2. The molecule has 3 nitrogen and oxygen atoms in total. The Hall–Kier alpha value is -0.710. The zero-order valence-electron chi connectivity index (χ0n) is 9.46. The Morgan fingerprint density at radius 3 is 2.69 bits per heavy atom. The van der Waals surface area contributed by atoms with Gasteiger partial charge in [0, 0.05) is 24.2 Å². The van der Waals surface area contributed by atoms with E-state index in [1.807, 2.05) is 12.1 Å². The van der Waals surface area contributed by atoms with Crippen molar-refractivity contribution in [3.63, 3.8) is 0 Å². The normalized spacial score (nSPS) is 12.5. The Bertz CT molecular complexity index is 378. The van der Waals surface area contributed by atoms with E-state index in [9.17, 15) is 5.11 Å². The number of nitrogens with one attached hydrogen (secondary N) is 1. The number of benzene rings is 1. The van der Waals surface area contributed by atoms with Crippen molar-refractivity contribution < 1.29 is 9.84 Å². The summed E-state index contributed by atoms with van der Waals surface area (Å²) in [5, 5.41) is 17.8. The van der Waals surface area contributed by atoms with Crippen LogP contribution in [-0.4, -0.2) is 18.4 Å². The summed E-state index contributed by atoms with van der Waals surface area (Å²) in [6, 6.07) is 3.91. The van der Waals surface area contributed by atoms with Crippen molar-refractivity contribution in [2.24, 2.45) is 0 Å². The van der Waals surface area contributed by atoms with E-state index >= 15 is 0 Å². The van der Waals surface area contributed by atoms with Crippen molar-refractivity contribution in [3.8, 4) is 0 Å². The molecule has 1 unspecified atom stereocenters. The maximum atomic E-state index is 9.69. The number of hydrogen-bond donors (Lipinski definition) is 2. The van der Waals surface area contributed by atoms with Gasteiger partial charge < -0.3 is 15.3 Å². The minimum atomic E-state index is -0.578. The van der Waals surface area contributed by atoms with Gasteiger partial charge in [0.2, 0.25) is 0 Å². The van der Waals surface area contributed by atoms with Gasteiger partial charge in [0.25, 0.3) is 0 Å². The van der Waals surface area contributed by atoms with Crippen molar-refractivity contribution in [1.82, 2.24) is 0 Å². The molecule has 0 radical (unpaired) electrons. The van der Waals surface area contributed by atoms with Gasteiger partial charge in [-0.2, -0.15) is 0 Å². The molecule has 0 saturated heterocycles. The predicted octanol–water partition coefficient (Wildman–Crippen LogP) is 2.78. The molecular weight excluding hydrogens is 270 g/mol. The molecule has 0 amide bonds. The number of methoxy groups -OCH3 is 1. The van der Waals surface area contributed by atoms with Crippen molar-refractivity contribution >= 4 is 22.1 Å². The molecule has 0 fully saturated rings. The summed E-state index contributed by atoms with van der Waals surface area (Å²) in [6.45, 7) is 2.15. The molecule has 0 aliphatic heterocycles. The first kappa shape index (κ1) is 13.4. The minimum Gasteiger partial charge on any atom is -0.389 e. The van der Waals surface area contributed by atoms with Crippen LogP contribution in [0.2, 0.25) is 0 Å². The Kier molecular flexibility index (Phi) is 5.12. The highest BCUT2D eigenvalue weighted by Gasteiger charge is 2.12. The highest BCUT2D eigenvalue weighted by atomic mass is 79.9. The molecule has 0 bridgehead atoms. The summed E-state index contributed by atoms with van der Waals surface area (Å²) in [7, 11) is 1.62. The van der Waals surface area contributed by atoms with Crippen LogP contribution < -0.4 is 0 Å². The third kappa shape index (κ3) is 2.90. The Morgan fingerprint density at radius 2 is 2.25 bits per heavy atom. The fourth-order valence-corrected chi connectivity index (χ4v) is 2.00. The van der Waals surface area contributed by atoms with E-state index in [-0.39, 0.29) is 0 Å². The van der Waals surface area contributed by atoms with Crippen LogP contribution in [0.15, 0.2) is 12.1 Å². The molecule has 88 valence electrons. The van der Waals surface area contributed by atoms with Crippen LogP contribution in [0.5, 0.6) is 0 Å². The molecule has 0 heterocycles. The zero-order valence-corrected chi connectivity index (χ0v) is 11.0. The van der Waals surface area contributed by atoms with Gasteiger partial charge in [0.05, 0.1) is 12.7 Å². The molecule has 2 N–H and O–H groups in total. The first-order chi connectivity index (χ1) is 7.63. The Balaban J connectivity index is 3.33. The Labute approximate surface area is 104 Å². The zero-order chi connectivity index (χ0) is 12.1. The van der Waals surface area contributed by atoms with Crippen LogP contribution in [0.1, 0.15) is 35.3 Å². The molecule has 0 saturated carbocycles. The molecule has 1 atom stereocenters. The van der Waals surface area contributed by atoms with Crippen molar-refractivity contribution in [3.05, 3.63) is 34.4 Å². The average molecular weight is 286 g/mol. The SMILES string of the molecule is COCc1cc(CBr)cc(C(C)O)c1C=N. The van der Waals surface area contributed by atoms with E-state index in [1.165, 1.54) is 6.21 Å². The lowest BCUT2D eigenvalue weighted by Gasteiger charge is -2.15.